The monoisotopic (exact) mass is 1620 g/mol. The normalized spacial score (nSPS) is 11.7. The van der Waals surface area contributed by atoms with Gasteiger partial charge in [0.2, 0.25) is 0 Å². The lowest BCUT2D eigenvalue weighted by Gasteiger charge is -2.22. The minimum Gasteiger partial charge on any atom is -0.444 e. The first-order valence-electron chi connectivity index (χ1n) is 38.9. The van der Waals surface area contributed by atoms with E-state index in [4.69, 9.17) is 158 Å². The standard InChI is InChI=1S/C71H142N8O32/c1-71(2,3)111-70(80)74-4-10-81-16-22-87-28-34-93-40-46-99-52-58-105-64-67-108-61-55-102-49-43-96-37-31-90-25-19-84-13-7-79(8-14-85-20-26-91-32-38-97-44-50-103-56-62-109-68-65-106-59-53-100-47-41-94-35-29-88-23-17-82-11-5-75-77-72)9-15-86-21-27-92-33-39-98-45-51-104-57-63-110-69-66-107-60-54-101-48-42-95-36-30-89-24-18-83-12-6-76-78-73/h4-69H2,1-3H3,(H,74,80). The van der Waals surface area contributed by atoms with Gasteiger partial charge in [0, 0.05) is 49.1 Å². The molecule has 0 saturated carbocycles. The third-order valence-corrected chi connectivity index (χ3v) is 13.4. The highest BCUT2D eigenvalue weighted by Crippen LogP contribution is 2.06. The number of nitrogens with zero attached hydrogens (tertiary/aromatic N) is 7. The Labute approximate surface area is 659 Å². The zero-order chi connectivity index (χ0) is 79.8. The molecular formula is C71H142N8O32. The van der Waals surface area contributed by atoms with E-state index in [1.807, 2.05) is 20.8 Å². The summed E-state index contributed by atoms with van der Waals surface area (Å²) in [6.07, 6.45) is -0.465. The average molecular weight is 1620 g/mol. The van der Waals surface area contributed by atoms with E-state index in [1.54, 1.807) is 0 Å². The van der Waals surface area contributed by atoms with Crippen molar-refractivity contribution >= 4 is 6.09 Å². The van der Waals surface area contributed by atoms with Gasteiger partial charge >= 0.3 is 6.09 Å². The second-order valence-electron chi connectivity index (χ2n) is 23.6. The second-order valence-corrected chi connectivity index (χ2v) is 23.6. The zero-order valence-electron chi connectivity index (χ0n) is 67.4. The number of ether oxygens (including phenoxy) is 31. The molecule has 1 amide bonds. The van der Waals surface area contributed by atoms with Crippen molar-refractivity contribution in [3.8, 4) is 0 Å². The van der Waals surface area contributed by atoms with Crippen molar-refractivity contribution in [1.29, 1.82) is 0 Å². The van der Waals surface area contributed by atoms with E-state index >= 15 is 0 Å². The molecular weight excluding hydrogens is 1480 g/mol. The second kappa shape index (κ2) is 97.2. The number of hydrogen-bond donors (Lipinski definition) is 1. The molecule has 0 rings (SSSR count). The van der Waals surface area contributed by atoms with Crippen LogP contribution in [0.2, 0.25) is 0 Å². The molecule has 0 saturated heterocycles. The number of rotatable bonds is 99. The van der Waals surface area contributed by atoms with E-state index in [0.717, 1.165) is 0 Å². The lowest BCUT2D eigenvalue weighted by molar-refractivity contribution is -0.0282. The van der Waals surface area contributed by atoms with E-state index < -0.39 is 11.7 Å². The summed E-state index contributed by atoms with van der Waals surface area (Å²) < 4.78 is 172. The quantitative estimate of drug-likeness (QED) is 0.0396. The molecule has 0 atom stereocenters. The zero-order valence-corrected chi connectivity index (χ0v) is 67.4. The number of nitrogens with one attached hydrogen (secondary N) is 1. The Bertz CT molecular complexity index is 1830. The highest BCUT2D eigenvalue weighted by molar-refractivity contribution is 5.67. The smallest absolute Gasteiger partial charge is 0.407 e. The molecule has 0 fully saturated rings. The first-order valence-corrected chi connectivity index (χ1v) is 38.9. The largest absolute Gasteiger partial charge is 0.444 e. The van der Waals surface area contributed by atoms with Crippen molar-refractivity contribution in [3.63, 3.8) is 0 Å². The molecule has 0 aliphatic carbocycles. The fourth-order valence-corrected chi connectivity index (χ4v) is 8.00. The van der Waals surface area contributed by atoms with Crippen LogP contribution in [0.3, 0.4) is 0 Å². The third kappa shape index (κ3) is 101. The van der Waals surface area contributed by atoms with Crippen LogP contribution in [0.15, 0.2) is 10.2 Å². The van der Waals surface area contributed by atoms with Crippen LogP contribution >= 0.6 is 0 Å². The van der Waals surface area contributed by atoms with Gasteiger partial charge in [-0.25, -0.2) is 4.79 Å². The van der Waals surface area contributed by atoms with Crippen LogP contribution in [-0.4, -0.2) is 452 Å². The van der Waals surface area contributed by atoms with E-state index in [2.05, 4.69) is 30.3 Å². The van der Waals surface area contributed by atoms with Gasteiger partial charge in [-0.2, -0.15) is 0 Å². The summed E-state index contributed by atoms with van der Waals surface area (Å²) >= 11 is 0. The molecule has 1 N–H and O–H groups in total. The van der Waals surface area contributed by atoms with Crippen molar-refractivity contribution < 1.29 is 152 Å². The molecule has 0 heterocycles. The molecule has 658 valence electrons. The summed E-state index contributed by atoms with van der Waals surface area (Å²) in [6, 6.07) is 0. The van der Waals surface area contributed by atoms with Gasteiger partial charge in [0.1, 0.15) is 5.60 Å². The van der Waals surface area contributed by atoms with Crippen LogP contribution in [0.5, 0.6) is 0 Å². The minimum atomic E-state index is -0.532. The van der Waals surface area contributed by atoms with Gasteiger partial charge in [-0.1, -0.05) is 10.2 Å². The Morgan fingerprint density at radius 3 is 0.514 bits per heavy atom. The van der Waals surface area contributed by atoms with Crippen molar-refractivity contribution in [2.45, 2.75) is 26.4 Å². The highest BCUT2D eigenvalue weighted by atomic mass is 16.6. The molecule has 0 aromatic rings. The van der Waals surface area contributed by atoms with Gasteiger partial charge in [-0.05, 0) is 31.8 Å². The van der Waals surface area contributed by atoms with Crippen LogP contribution in [0.4, 0.5) is 4.79 Å². The molecule has 0 radical (unpaired) electrons. The fourth-order valence-electron chi connectivity index (χ4n) is 8.00. The van der Waals surface area contributed by atoms with Crippen LogP contribution in [-0.2, 0) is 147 Å². The number of alkyl carbamates (subject to hydrolysis) is 1. The summed E-state index contributed by atoms with van der Waals surface area (Å²) in [6.45, 7) is 35.8. The first kappa shape index (κ1) is 108. The lowest BCUT2D eigenvalue weighted by atomic mass is 10.2. The molecule has 0 aliphatic rings. The van der Waals surface area contributed by atoms with Crippen LogP contribution in [0.25, 0.3) is 20.9 Å². The first-order chi connectivity index (χ1) is 54.9. The van der Waals surface area contributed by atoms with Gasteiger partial charge in [-0.15, -0.1) is 0 Å². The van der Waals surface area contributed by atoms with Crippen LogP contribution < -0.4 is 5.32 Å². The average Bonchev–Trinajstić information content (AvgIpc) is 1.02. The molecule has 40 heteroatoms. The maximum atomic E-state index is 11.6. The molecule has 0 bridgehead atoms. The van der Waals surface area contributed by atoms with Gasteiger partial charge in [0.15, 0.2) is 0 Å². The van der Waals surface area contributed by atoms with Crippen molar-refractivity contribution in [1.82, 2.24) is 10.2 Å². The number of azide groups is 2. The summed E-state index contributed by atoms with van der Waals surface area (Å²) in [5, 5.41) is 9.42. The molecule has 0 unspecified atom stereocenters. The predicted octanol–water partition coefficient (Wildman–Crippen LogP) is 2.93. The molecule has 111 heavy (non-hydrogen) atoms. The van der Waals surface area contributed by atoms with E-state index in [0.29, 0.717) is 436 Å². The predicted molar refractivity (Wildman–Crippen MR) is 403 cm³/mol. The minimum absolute atomic E-state index is 0.310. The van der Waals surface area contributed by atoms with Crippen LogP contribution in [0.1, 0.15) is 20.8 Å². The number of amides is 1. The van der Waals surface area contributed by atoms with Crippen LogP contribution in [0, 0.1) is 0 Å². The summed E-state index contributed by atoms with van der Waals surface area (Å²) in [7, 11) is 0. The molecule has 0 aliphatic heterocycles. The van der Waals surface area contributed by atoms with Gasteiger partial charge < -0.3 is 152 Å². The van der Waals surface area contributed by atoms with Crippen molar-refractivity contribution in [2.75, 3.05) is 436 Å². The molecule has 0 spiro atoms. The summed E-state index contributed by atoms with van der Waals surface area (Å²) in [5.41, 5.74) is 15.9. The van der Waals surface area contributed by atoms with Crippen molar-refractivity contribution in [2.24, 2.45) is 10.2 Å². The SMILES string of the molecule is CC(C)(C)OC(=O)NCCOCCOCCOCCOCCOCCOCCOCCOCCOCCOCCN(CCOCCOCCOCCOCCOCCOCCOCCOCCOCCOCCN=[N+]=[N-])CCOCCOCCOCCOCCOCCOCCOCCOCCOCCOCCN=[N+]=[N-]. The topological polar surface area (TPSA) is 416 Å². The summed E-state index contributed by atoms with van der Waals surface area (Å²) in [5.74, 6) is 0. The fraction of sp³-hybridized carbons (Fsp3) is 0.986. The molecule has 40 nitrogen and oxygen atoms in total. The number of carbonyl (C=O) groups is 1. The third-order valence-electron chi connectivity index (χ3n) is 13.4. The maximum Gasteiger partial charge on any atom is 0.407 e. The van der Waals surface area contributed by atoms with Gasteiger partial charge in [0.25, 0.3) is 0 Å². The Balaban J connectivity index is 4.04. The van der Waals surface area contributed by atoms with E-state index in [1.165, 1.54) is 0 Å². The Hall–Kier alpha value is -3.35. The Morgan fingerprint density at radius 1 is 0.234 bits per heavy atom. The lowest BCUT2D eigenvalue weighted by Crippen LogP contribution is -2.34. The highest BCUT2D eigenvalue weighted by Gasteiger charge is 2.16. The summed E-state index contributed by atoms with van der Waals surface area (Å²) in [4.78, 5) is 19.2. The maximum absolute atomic E-state index is 11.6. The van der Waals surface area contributed by atoms with Crippen molar-refractivity contribution in [3.05, 3.63) is 20.9 Å². The molecule has 0 aromatic heterocycles. The number of hydrogen-bond acceptors (Lipinski definition) is 35. The molecule has 0 aromatic carbocycles. The Morgan fingerprint density at radius 2 is 0.369 bits per heavy atom. The van der Waals surface area contributed by atoms with E-state index in [9.17, 15) is 4.79 Å². The Kier molecular flexibility index (Phi) is 94.3. The van der Waals surface area contributed by atoms with Gasteiger partial charge in [0.05, 0.1) is 396 Å². The number of carbonyl (C=O) groups excluding carboxylic acids is 1. The van der Waals surface area contributed by atoms with E-state index in [-0.39, 0.29) is 0 Å². The van der Waals surface area contributed by atoms with Gasteiger partial charge in [-0.3, -0.25) is 4.90 Å².